The van der Waals surface area contributed by atoms with Crippen LogP contribution in [0.2, 0.25) is 0 Å². The van der Waals surface area contributed by atoms with Crippen molar-refractivity contribution in [3.8, 4) is 17.6 Å². The molecule has 0 spiro atoms. The second kappa shape index (κ2) is 8.19. The summed E-state index contributed by atoms with van der Waals surface area (Å²) >= 11 is 0. The van der Waals surface area contributed by atoms with Crippen molar-refractivity contribution >= 4 is 5.78 Å². The number of hydrogen-bond donors (Lipinski definition) is 0. The topological polar surface area (TPSA) is 72.2 Å². The number of pyridine rings is 1. The monoisotopic (exact) mass is 416 g/mol. The molecule has 2 heterocycles. The van der Waals surface area contributed by atoms with E-state index >= 15 is 4.39 Å². The number of benzene rings is 2. The summed E-state index contributed by atoms with van der Waals surface area (Å²) in [5.41, 5.74) is 4.42. The SMILES string of the molecule is Cc1cc(C(Oc2c(F)cc3c(c2C)OCCC3=O)c2ccc(C#N)cc2)cc(C)n1. The second-order valence-corrected chi connectivity index (χ2v) is 7.63. The van der Waals surface area contributed by atoms with Gasteiger partial charge in [0, 0.05) is 28.9 Å². The molecule has 1 unspecified atom stereocenters. The van der Waals surface area contributed by atoms with E-state index in [-0.39, 0.29) is 30.1 Å². The fourth-order valence-electron chi connectivity index (χ4n) is 3.86. The first-order valence-corrected chi connectivity index (χ1v) is 9.98. The highest BCUT2D eigenvalue weighted by Gasteiger charge is 2.28. The van der Waals surface area contributed by atoms with Crippen LogP contribution in [0, 0.1) is 37.9 Å². The number of fused-ring (bicyclic) bond motifs is 1. The maximum absolute atomic E-state index is 15.1. The van der Waals surface area contributed by atoms with Gasteiger partial charge in [-0.3, -0.25) is 9.78 Å². The van der Waals surface area contributed by atoms with Gasteiger partial charge in [-0.25, -0.2) is 4.39 Å². The number of hydrogen-bond acceptors (Lipinski definition) is 5. The molecule has 31 heavy (non-hydrogen) atoms. The Morgan fingerprint density at radius 3 is 2.42 bits per heavy atom. The third-order valence-electron chi connectivity index (χ3n) is 5.27. The molecule has 6 heteroatoms. The highest BCUT2D eigenvalue weighted by Crippen LogP contribution is 2.40. The number of nitriles is 1. The lowest BCUT2D eigenvalue weighted by Gasteiger charge is -2.25. The molecule has 3 aromatic rings. The van der Waals surface area contributed by atoms with Crippen LogP contribution >= 0.6 is 0 Å². The van der Waals surface area contributed by atoms with Gasteiger partial charge in [-0.15, -0.1) is 0 Å². The van der Waals surface area contributed by atoms with Crippen LogP contribution in [-0.4, -0.2) is 17.4 Å². The Bertz CT molecular complexity index is 1190. The maximum atomic E-state index is 15.1. The molecular weight excluding hydrogens is 395 g/mol. The highest BCUT2D eigenvalue weighted by atomic mass is 19.1. The molecular formula is C25H21FN2O3. The highest BCUT2D eigenvalue weighted by molar-refractivity contribution is 6.00. The van der Waals surface area contributed by atoms with Crippen LogP contribution in [0.25, 0.3) is 0 Å². The zero-order chi connectivity index (χ0) is 22.1. The van der Waals surface area contributed by atoms with Gasteiger partial charge in [0.1, 0.15) is 11.9 Å². The van der Waals surface area contributed by atoms with Crippen LogP contribution in [0.5, 0.6) is 11.5 Å². The molecule has 4 rings (SSSR count). The number of aryl methyl sites for hydroxylation is 2. The summed E-state index contributed by atoms with van der Waals surface area (Å²) in [6.45, 7) is 5.72. The molecule has 0 bridgehead atoms. The fourth-order valence-corrected chi connectivity index (χ4v) is 3.86. The standard InChI is InChI=1S/C25H21FN2O3/c1-14-10-19(11-15(2)28-14)25(18-6-4-17(13-27)5-7-18)31-24-16(3)23-20(12-21(24)26)22(29)8-9-30-23/h4-7,10-12,25H,8-9H2,1-3H3. The van der Waals surface area contributed by atoms with E-state index in [4.69, 9.17) is 14.7 Å². The van der Waals surface area contributed by atoms with Gasteiger partial charge < -0.3 is 9.47 Å². The van der Waals surface area contributed by atoms with Crippen LogP contribution in [0.3, 0.4) is 0 Å². The van der Waals surface area contributed by atoms with E-state index in [2.05, 4.69) is 11.1 Å². The number of ketones is 1. The summed E-state index contributed by atoms with van der Waals surface area (Å²) in [4.78, 5) is 16.6. The molecule has 0 amide bonds. The number of halogens is 1. The van der Waals surface area contributed by atoms with Crippen LogP contribution in [0.15, 0.2) is 42.5 Å². The predicted octanol–water partition coefficient (Wildman–Crippen LogP) is 5.15. The summed E-state index contributed by atoms with van der Waals surface area (Å²) in [7, 11) is 0. The number of aromatic nitrogens is 1. The van der Waals surface area contributed by atoms with Crippen molar-refractivity contribution in [3.63, 3.8) is 0 Å². The Morgan fingerprint density at radius 2 is 1.77 bits per heavy atom. The first-order valence-electron chi connectivity index (χ1n) is 9.98. The molecule has 5 nitrogen and oxygen atoms in total. The van der Waals surface area contributed by atoms with E-state index in [1.807, 2.05) is 26.0 Å². The van der Waals surface area contributed by atoms with Crippen LogP contribution < -0.4 is 9.47 Å². The van der Waals surface area contributed by atoms with E-state index in [9.17, 15) is 4.79 Å². The number of rotatable bonds is 4. The molecule has 1 aliphatic heterocycles. The van der Waals surface area contributed by atoms with Crippen molar-refractivity contribution < 1.29 is 18.7 Å². The van der Waals surface area contributed by atoms with Gasteiger partial charge in [0.2, 0.25) is 0 Å². The van der Waals surface area contributed by atoms with Crippen molar-refractivity contribution in [2.24, 2.45) is 0 Å². The molecule has 1 aliphatic rings. The van der Waals surface area contributed by atoms with Crippen molar-refractivity contribution in [3.05, 3.63) is 87.5 Å². The Labute approximate surface area is 180 Å². The zero-order valence-electron chi connectivity index (χ0n) is 17.5. The summed E-state index contributed by atoms with van der Waals surface area (Å²) in [5, 5.41) is 9.12. The molecule has 156 valence electrons. The third-order valence-corrected chi connectivity index (χ3v) is 5.27. The third kappa shape index (κ3) is 3.99. The van der Waals surface area contributed by atoms with Crippen LogP contribution in [0.1, 0.15) is 56.5 Å². The smallest absolute Gasteiger partial charge is 0.170 e. The quantitative estimate of drug-likeness (QED) is 0.588. The Kier molecular flexibility index (Phi) is 5.43. The number of carbonyl (C=O) groups is 1. The van der Waals surface area contributed by atoms with Gasteiger partial charge in [-0.2, -0.15) is 5.26 Å². The molecule has 0 radical (unpaired) electrons. The fraction of sp³-hybridized carbons (Fsp3) is 0.240. The van der Waals surface area contributed by atoms with E-state index < -0.39 is 11.9 Å². The van der Waals surface area contributed by atoms with Crippen LogP contribution in [-0.2, 0) is 0 Å². The van der Waals surface area contributed by atoms with Gasteiger partial charge in [0.15, 0.2) is 17.3 Å². The molecule has 2 aromatic carbocycles. The van der Waals surface area contributed by atoms with Gasteiger partial charge in [0.05, 0.1) is 23.8 Å². The first kappa shape index (κ1) is 20.5. The second-order valence-electron chi connectivity index (χ2n) is 7.63. The minimum Gasteiger partial charge on any atom is -0.492 e. The molecule has 0 saturated carbocycles. The van der Waals surface area contributed by atoms with Crippen molar-refractivity contribution in [2.45, 2.75) is 33.3 Å². The number of ether oxygens (including phenoxy) is 2. The van der Waals surface area contributed by atoms with Gasteiger partial charge in [-0.05, 0) is 56.7 Å². The minimum atomic E-state index is -0.640. The average Bonchev–Trinajstić information content (AvgIpc) is 2.74. The van der Waals surface area contributed by atoms with Gasteiger partial charge in [0.25, 0.3) is 0 Å². The number of nitrogens with zero attached hydrogens (tertiary/aromatic N) is 2. The predicted molar refractivity (Wildman–Crippen MR) is 113 cm³/mol. The first-order chi connectivity index (χ1) is 14.9. The van der Waals surface area contributed by atoms with Gasteiger partial charge >= 0.3 is 0 Å². The summed E-state index contributed by atoms with van der Waals surface area (Å²) < 4.78 is 27.0. The lowest BCUT2D eigenvalue weighted by Crippen LogP contribution is -2.18. The molecule has 0 saturated heterocycles. The lowest BCUT2D eigenvalue weighted by atomic mass is 9.98. The Hall–Kier alpha value is -3.72. The van der Waals surface area contributed by atoms with Crippen LogP contribution in [0.4, 0.5) is 4.39 Å². The van der Waals surface area contributed by atoms with Gasteiger partial charge in [-0.1, -0.05) is 12.1 Å². The van der Waals surface area contributed by atoms with Crippen molar-refractivity contribution in [2.75, 3.05) is 6.61 Å². The molecule has 1 atom stereocenters. The summed E-state index contributed by atoms with van der Waals surface area (Å²) in [6.07, 6.45) is -0.408. The van der Waals surface area contributed by atoms with E-state index in [0.29, 0.717) is 16.9 Å². The lowest BCUT2D eigenvalue weighted by molar-refractivity contribution is 0.0931. The van der Waals surface area contributed by atoms with E-state index in [1.165, 1.54) is 6.07 Å². The Morgan fingerprint density at radius 1 is 1.10 bits per heavy atom. The number of Topliss-reactive ketones (excluding diaryl/α,β-unsaturated/α-hetero) is 1. The Balaban J connectivity index is 1.83. The summed E-state index contributed by atoms with van der Waals surface area (Å²) in [5.74, 6) is -0.349. The van der Waals surface area contributed by atoms with E-state index in [0.717, 1.165) is 22.5 Å². The molecule has 0 fully saturated rings. The van der Waals surface area contributed by atoms with Crippen molar-refractivity contribution in [1.29, 1.82) is 5.26 Å². The average molecular weight is 416 g/mol. The molecule has 0 aliphatic carbocycles. The molecule has 1 aromatic heterocycles. The van der Waals surface area contributed by atoms with Crippen molar-refractivity contribution in [1.82, 2.24) is 4.98 Å². The normalized spacial score (nSPS) is 13.7. The largest absolute Gasteiger partial charge is 0.492 e. The minimum absolute atomic E-state index is 0.0370. The number of carbonyl (C=O) groups excluding carboxylic acids is 1. The zero-order valence-corrected chi connectivity index (χ0v) is 17.5. The van der Waals surface area contributed by atoms with E-state index in [1.54, 1.807) is 31.2 Å². The summed E-state index contributed by atoms with van der Waals surface area (Å²) in [6, 6.07) is 14.1. The maximum Gasteiger partial charge on any atom is 0.170 e. The molecule has 0 N–H and O–H groups in total.